The summed E-state index contributed by atoms with van der Waals surface area (Å²) in [6.45, 7) is 2.11. The van der Waals surface area contributed by atoms with Gasteiger partial charge in [-0.3, -0.25) is 0 Å². The Kier molecular flexibility index (Phi) is 6.26. The zero-order chi connectivity index (χ0) is 19.2. The lowest BCUT2D eigenvalue weighted by Gasteiger charge is -2.14. The third-order valence-electron chi connectivity index (χ3n) is 3.10. The molecule has 26 heavy (non-hydrogen) atoms. The molecule has 3 N–H and O–H groups in total. The quantitative estimate of drug-likeness (QED) is 0.457. The largest absolute Gasteiger partial charge is 0.573 e. The van der Waals surface area contributed by atoms with E-state index in [1.54, 1.807) is 13.0 Å². The standard InChI is InChI=1S/C17H17F4N3O2/c1-2-25-14-8-7-11(9-12(14)18)10-23-16(22)24-13-5-3-4-6-15(13)26-17(19,20)21/h3-9H,2,10H2,1H3,(H3,22,23,24). The number of alkyl halides is 3. The van der Waals surface area contributed by atoms with Gasteiger partial charge in [0.15, 0.2) is 23.3 Å². The predicted octanol–water partition coefficient (Wildman–Crippen LogP) is 4.05. The first kappa shape index (κ1) is 19.4. The molecule has 0 heterocycles. The summed E-state index contributed by atoms with van der Waals surface area (Å²) in [7, 11) is 0. The number of nitrogens with one attached hydrogen (secondary N) is 1. The number of nitrogens with two attached hydrogens (primary N) is 1. The summed E-state index contributed by atoms with van der Waals surface area (Å²) >= 11 is 0. The second kappa shape index (κ2) is 8.41. The maximum atomic E-state index is 13.8. The van der Waals surface area contributed by atoms with E-state index in [-0.39, 0.29) is 23.9 Å². The molecule has 0 aliphatic carbocycles. The number of ether oxygens (including phenoxy) is 2. The van der Waals surface area contributed by atoms with Crippen LogP contribution in [0.3, 0.4) is 0 Å². The van der Waals surface area contributed by atoms with Crippen molar-refractivity contribution in [3.05, 3.63) is 53.8 Å². The number of rotatable bonds is 6. The van der Waals surface area contributed by atoms with E-state index < -0.39 is 17.9 Å². The molecule has 9 heteroatoms. The van der Waals surface area contributed by atoms with E-state index in [1.807, 2.05) is 0 Å². The second-order valence-corrected chi connectivity index (χ2v) is 5.07. The maximum Gasteiger partial charge on any atom is 0.573 e. The molecule has 2 rings (SSSR count). The molecule has 0 saturated carbocycles. The Bertz CT molecular complexity index is 779. The molecule has 0 amide bonds. The van der Waals surface area contributed by atoms with Crippen LogP contribution in [0.5, 0.6) is 11.5 Å². The summed E-state index contributed by atoms with van der Waals surface area (Å²) in [5, 5.41) is 2.53. The molecule has 0 aliphatic rings. The van der Waals surface area contributed by atoms with Crippen molar-refractivity contribution in [3.63, 3.8) is 0 Å². The van der Waals surface area contributed by atoms with Gasteiger partial charge in [-0.2, -0.15) is 0 Å². The lowest BCUT2D eigenvalue weighted by Crippen LogP contribution is -2.24. The van der Waals surface area contributed by atoms with Gasteiger partial charge < -0.3 is 20.5 Å². The smallest absolute Gasteiger partial charge is 0.491 e. The van der Waals surface area contributed by atoms with Crippen LogP contribution < -0.4 is 20.5 Å². The molecular formula is C17H17F4N3O2. The van der Waals surface area contributed by atoms with Gasteiger partial charge in [-0.05, 0) is 36.8 Å². The van der Waals surface area contributed by atoms with Crippen LogP contribution in [0.15, 0.2) is 47.5 Å². The first-order valence-electron chi connectivity index (χ1n) is 7.61. The molecule has 0 atom stereocenters. The van der Waals surface area contributed by atoms with Gasteiger partial charge >= 0.3 is 6.36 Å². The SMILES string of the molecule is CCOc1ccc(CN=C(N)Nc2ccccc2OC(F)(F)F)cc1F. The molecule has 0 spiro atoms. The van der Waals surface area contributed by atoms with Crippen molar-refractivity contribution in [2.24, 2.45) is 10.7 Å². The molecule has 0 fully saturated rings. The van der Waals surface area contributed by atoms with E-state index in [9.17, 15) is 17.6 Å². The zero-order valence-electron chi connectivity index (χ0n) is 13.8. The summed E-state index contributed by atoms with van der Waals surface area (Å²) in [5.74, 6) is -0.984. The Morgan fingerprint density at radius 1 is 1.15 bits per heavy atom. The van der Waals surface area contributed by atoms with Crippen LogP contribution in [-0.2, 0) is 6.54 Å². The summed E-state index contributed by atoms with van der Waals surface area (Å²) in [6.07, 6.45) is -4.83. The first-order chi connectivity index (χ1) is 12.3. The Morgan fingerprint density at radius 2 is 1.88 bits per heavy atom. The van der Waals surface area contributed by atoms with Crippen LogP contribution in [0.25, 0.3) is 0 Å². The molecule has 5 nitrogen and oxygen atoms in total. The predicted molar refractivity (Wildman–Crippen MR) is 89.6 cm³/mol. The fourth-order valence-corrected chi connectivity index (χ4v) is 2.05. The van der Waals surface area contributed by atoms with Gasteiger partial charge in [0.25, 0.3) is 0 Å². The lowest BCUT2D eigenvalue weighted by atomic mass is 10.2. The van der Waals surface area contributed by atoms with Crippen LogP contribution in [0.1, 0.15) is 12.5 Å². The highest BCUT2D eigenvalue weighted by atomic mass is 19.4. The fraction of sp³-hybridized carbons (Fsp3) is 0.235. The summed E-state index contributed by atoms with van der Waals surface area (Å²) in [6, 6.07) is 9.75. The van der Waals surface area contributed by atoms with Gasteiger partial charge in [-0.25, -0.2) is 9.38 Å². The van der Waals surface area contributed by atoms with E-state index >= 15 is 0 Å². The van der Waals surface area contributed by atoms with Crippen molar-refractivity contribution >= 4 is 11.6 Å². The van der Waals surface area contributed by atoms with Crippen LogP contribution in [0.4, 0.5) is 23.2 Å². The van der Waals surface area contributed by atoms with Crippen LogP contribution >= 0.6 is 0 Å². The van der Waals surface area contributed by atoms with E-state index in [0.717, 1.165) is 6.07 Å². The normalized spacial score (nSPS) is 12.0. The van der Waals surface area contributed by atoms with Crippen molar-refractivity contribution in [1.29, 1.82) is 0 Å². The Hall–Kier alpha value is -2.97. The molecule has 2 aromatic carbocycles. The molecule has 0 radical (unpaired) electrons. The number of hydrogen-bond acceptors (Lipinski definition) is 3. The zero-order valence-corrected chi connectivity index (χ0v) is 13.8. The molecule has 140 valence electrons. The first-order valence-corrected chi connectivity index (χ1v) is 7.61. The van der Waals surface area contributed by atoms with E-state index in [0.29, 0.717) is 12.2 Å². The van der Waals surface area contributed by atoms with Gasteiger partial charge in [0.1, 0.15) is 0 Å². The topological polar surface area (TPSA) is 68.9 Å². The number of benzene rings is 2. The highest BCUT2D eigenvalue weighted by Crippen LogP contribution is 2.29. The van der Waals surface area contributed by atoms with Crippen LogP contribution in [0, 0.1) is 5.82 Å². The number of aliphatic imine (C=N–C) groups is 1. The summed E-state index contributed by atoms with van der Waals surface area (Å²) < 4.78 is 60.0. The molecule has 0 aromatic heterocycles. The van der Waals surface area contributed by atoms with Gasteiger partial charge in [0, 0.05) is 0 Å². The summed E-state index contributed by atoms with van der Waals surface area (Å²) in [5.41, 5.74) is 6.21. The maximum absolute atomic E-state index is 13.8. The van der Waals surface area contributed by atoms with Crippen molar-refractivity contribution < 1.29 is 27.0 Å². The lowest BCUT2D eigenvalue weighted by molar-refractivity contribution is -0.274. The number of para-hydroxylation sites is 2. The third kappa shape index (κ3) is 5.83. The van der Waals surface area contributed by atoms with Gasteiger partial charge in [-0.15, -0.1) is 13.2 Å². The average Bonchev–Trinajstić information content (AvgIpc) is 2.56. The fourth-order valence-electron chi connectivity index (χ4n) is 2.05. The Labute approximate surface area is 147 Å². The van der Waals surface area contributed by atoms with E-state index in [2.05, 4.69) is 15.0 Å². The van der Waals surface area contributed by atoms with Gasteiger partial charge in [-0.1, -0.05) is 18.2 Å². The van der Waals surface area contributed by atoms with E-state index in [1.165, 1.54) is 30.3 Å². The Balaban J connectivity index is 2.06. The Morgan fingerprint density at radius 3 is 2.54 bits per heavy atom. The minimum Gasteiger partial charge on any atom is -0.491 e. The molecule has 0 unspecified atom stereocenters. The van der Waals surface area contributed by atoms with E-state index in [4.69, 9.17) is 10.5 Å². The second-order valence-electron chi connectivity index (χ2n) is 5.07. The van der Waals surface area contributed by atoms with Crippen molar-refractivity contribution in [2.75, 3.05) is 11.9 Å². The number of guanidine groups is 1. The highest BCUT2D eigenvalue weighted by Gasteiger charge is 2.32. The van der Waals surface area contributed by atoms with Gasteiger partial charge in [0.2, 0.25) is 0 Å². The third-order valence-corrected chi connectivity index (χ3v) is 3.10. The average molecular weight is 371 g/mol. The van der Waals surface area contributed by atoms with Crippen LogP contribution in [0.2, 0.25) is 0 Å². The highest BCUT2D eigenvalue weighted by molar-refractivity contribution is 5.93. The molecule has 0 saturated heterocycles. The van der Waals surface area contributed by atoms with Crippen molar-refractivity contribution in [3.8, 4) is 11.5 Å². The molecule has 2 aromatic rings. The number of hydrogen-bond donors (Lipinski definition) is 2. The number of halogens is 4. The number of nitrogens with zero attached hydrogens (tertiary/aromatic N) is 1. The monoisotopic (exact) mass is 371 g/mol. The van der Waals surface area contributed by atoms with Crippen LogP contribution in [-0.4, -0.2) is 18.9 Å². The molecular weight excluding hydrogens is 354 g/mol. The summed E-state index contributed by atoms with van der Waals surface area (Å²) in [4.78, 5) is 3.98. The van der Waals surface area contributed by atoms with Crippen molar-refractivity contribution in [2.45, 2.75) is 19.8 Å². The molecule has 0 bridgehead atoms. The van der Waals surface area contributed by atoms with Crippen molar-refractivity contribution in [1.82, 2.24) is 0 Å². The minimum absolute atomic E-state index is 0.00366. The van der Waals surface area contributed by atoms with Gasteiger partial charge in [0.05, 0.1) is 18.8 Å². The molecule has 0 aliphatic heterocycles. The number of anilines is 1. The minimum atomic E-state index is -4.83.